The molecule has 0 saturated heterocycles. The van der Waals surface area contributed by atoms with Gasteiger partial charge in [-0.15, -0.1) is 10.2 Å². The number of hydrogen-bond acceptors (Lipinski definition) is 4. The summed E-state index contributed by atoms with van der Waals surface area (Å²) >= 11 is 0. The molecule has 1 atom stereocenters. The molecule has 3 rings (SSSR count). The van der Waals surface area contributed by atoms with Crippen molar-refractivity contribution in [2.24, 2.45) is 5.92 Å². The normalized spacial score (nSPS) is 14.0. The highest BCUT2D eigenvalue weighted by atomic mass is 32.2. The Kier molecular flexibility index (Phi) is 5.20. The fourth-order valence-corrected chi connectivity index (χ4v) is 4.32. The van der Waals surface area contributed by atoms with Crippen molar-refractivity contribution in [2.45, 2.75) is 37.9 Å². The van der Waals surface area contributed by atoms with Crippen LogP contribution in [0.1, 0.15) is 36.8 Å². The first-order valence-corrected chi connectivity index (χ1v) is 9.99. The quantitative estimate of drug-likeness (QED) is 0.693. The van der Waals surface area contributed by atoms with Crippen LogP contribution in [-0.2, 0) is 16.2 Å². The van der Waals surface area contributed by atoms with Crippen LogP contribution in [0.4, 0.5) is 13.2 Å². The lowest BCUT2D eigenvalue weighted by Crippen LogP contribution is -2.33. The van der Waals surface area contributed by atoms with Gasteiger partial charge in [0.1, 0.15) is 5.56 Å². The van der Waals surface area contributed by atoms with E-state index in [-0.39, 0.29) is 22.3 Å². The molecule has 0 aliphatic rings. The molecule has 0 saturated carbocycles. The molecule has 2 aromatic heterocycles. The lowest BCUT2D eigenvalue weighted by Gasteiger charge is -2.21. The first-order chi connectivity index (χ1) is 13.0. The van der Waals surface area contributed by atoms with Crippen LogP contribution in [-0.4, -0.2) is 23.0 Å². The van der Waals surface area contributed by atoms with Gasteiger partial charge in [0, 0.05) is 6.20 Å². The third kappa shape index (κ3) is 3.88. The number of sulfonamides is 1. The Morgan fingerprint density at radius 3 is 2.43 bits per heavy atom. The molecule has 0 unspecified atom stereocenters. The van der Waals surface area contributed by atoms with Crippen molar-refractivity contribution < 1.29 is 21.6 Å². The van der Waals surface area contributed by atoms with Gasteiger partial charge in [-0.25, -0.2) is 13.1 Å². The van der Waals surface area contributed by atoms with E-state index >= 15 is 0 Å². The predicted octanol–water partition coefficient (Wildman–Crippen LogP) is 3.73. The lowest BCUT2D eigenvalue weighted by molar-refractivity contribution is -0.136. The second-order valence-electron chi connectivity index (χ2n) is 6.83. The van der Waals surface area contributed by atoms with Gasteiger partial charge in [-0.1, -0.05) is 26.0 Å². The highest BCUT2D eigenvalue weighted by Gasteiger charge is 2.35. The fraction of sp³-hybridized carbons (Fsp3) is 0.333. The van der Waals surface area contributed by atoms with E-state index in [4.69, 9.17) is 0 Å². The largest absolute Gasteiger partial charge is 0.420 e. The number of aromatic nitrogens is 3. The molecule has 0 bridgehead atoms. The van der Waals surface area contributed by atoms with Crippen molar-refractivity contribution in [1.29, 1.82) is 0 Å². The van der Waals surface area contributed by atoms with Crippen molar-refractivity contribution in [3.05, 3.63) is 59.5 Å². The molecule has 6 nitrogen and oxygen atoms in total. The van der Waals surface area contributed by atoms with Crippen molar-refractivity contribution in [3.63, 3.8) is 0 Å². The highest BCUT2D eigenvalue weighted by Crippen LogP contribution is 2.33. The summed E-state index contributed by atoms with van der Waals surface area (Å²) in [4.78, 5) is 0.0722. The molecule has 28 heavy (non-hydrogen) atoms. The van der Waals surface area contributed by atoms with Crippen molar-refractivity contribution in [1.82, 2.24) is 19.3 Å². The van der Waals surface area contributed by atoms with Crippen molar-refractivity contribution in [2.75, 3.05) is 0 Å². The van der Waals surface area contributed by atoms with Gasteiger partial charge in [-0.2, -0.15) is 13.2 Å². The lowest BCUT2D eigenvalue weighted by atomic mass is 10.1. The first-order valence-electron chi connectivity index (χ1n) is 8.50. The van der Waals surface area contributed by atoms with E-state index in [1.165, 1.54) is 28.8 Å². The summed E-state index contributed by atoms with van der Waals surface area (Å²) in [6.45, 7) is 5.26. The molecule has 10 heteroatoms. The number of nitrogens with one attached hydrogen (secondary N) is 1. The predicted molar refractivity (Wildman–Crippen MR) is 97.1 cm³/mol. The zero-order valence-corrected chi connectivity index (χ0v) is 16.2. The van der Waals surface area contributed by atoms with Gasteiger partial charge in [-0.05, 0) is 42.7 Å². The number of alkyl halides is 3. The zero-order valence-electron chi connectivity index (χ0n) is 15.4. The molecule has 3 aromatic rings. The molecule has 0 aliphatic carbocycles. The van der Waals surface area contributed by atoms with Gasteiger partial charge in [-0.3, -0.25) is 4.40 Å². The summed E-state index contributed by atoms with van der Waals surface area (Å²) in [6, 6.07) is 7.63. The standard InChI is InChI=1S/C18H19F3N4O2S/c1-11(2)15(24-28(26,27)13-7-4-6-12(3)10-13)17-23-22-16-14(18(19,20)21)8-5-9-25(16)17/h4-11,15,24H,1-3H3/t15-/m0/s1. The van der Waals surface area contributed by atoms with Gasteiger partial charge in [0.05, 0.1) is 10.9 Å². The Bertz CT molecular complexity index is 1110. The molecule has 150 valence electrons. The van der Waals surface area contributed by atoms with Gasteiger partial charge >= 0.3 is 6.18 Å². The fourth-order valence-electron chi connectivity index (χ4n) is 2.87. The average Bonchev–Trinajstić information content (AvgIpc) is 3.02. The monoisotopic (exact) mass is 412 g/mol. The van der Waals surface area contributed by atoms with E-state index < -0.39 is 27.8 Å². The van der Waals surface area contributed by atoms with Crippen LogP contribution in [0.15, 0.2) is 47.5 Å². The number of halogens is 3. The molecule has 0 amide bonds. The second kappa shape index (κ2) is 7.17. The smallest absolute Gasteiger partial charge is 0.285 e. The number of hydrogen-bond donors (Lipinski definition) is 1. The van der Waals surface area contributed by atoms with Crippen LogP contribution in [0.5, 0.6) is 0 Å². The number of benzene rings is 1. The van der Waals surface area contributed by atoms with E-state index in [1.54, 1.807) is 32.9 Å². The maximum atomic E-state index is 13.2. The molecule has 1 N–H and O–H groups in total. The minimum atomic E-state index is -4.60. The molecular formula is C18H19F3N4O2S. The Labute approximate surface area is 160 Å². The van der Waals surface area contributed by atoms with Crippen LogP contribution < -0.4 is 4.72 Å². The van der Waals surface area contributed by atoms with E-state index in [2.05, 4.69) is 14.9 Å². The second-order valence-corrected chi connectivity index (χ2v) is 8.54. The first kappa shape index (κ1) is 20.3. The Morgan fingerprint density at radius 1 is 1.11 bits per heavy atom. The number of pyridine rings is 1. The number of nitrogens with zero attached hydrogens (tertiary/aromatic N) is 3. The Balaban J connectivity index is 2.07. The van der Waals surface area contributed by atoms with Crippen LogP contribution in [0.2, 0.25) is 0 Å². The molecule has 0 spiro atoms. The molecule has 0 radical (unpaired) electrons. The maximum Gasteiger partial charge on any atom is 0.420 e. The zero-order chi connectivity index (χ0) is 20.7. The summed E-state index contributed by atoms with van der Waals surface area (Å²) in [5, 5.41) is 7.54. The third-order valence-corrected chi connectivity index (χ3v) is 5.73. The topological polar surface area (TPSA) is 76.4 Å². The molecule has 0 aliphatic heterocycles. The van der Waals surface area contributed by atoms with Crippen LogP contribution >= 0.6 is 0 Å². The SMILES string of the molecule is Cc1cccc(S(=O)(=O)N[C@H](c2nnc3c(C(F)(F)F)cccn23)C(C)C)c1. The van der Waals surface area contributed by atoms with Crippen LogP contribution in [0, 0.1) is 12.8 Å². The summed E-state index contributed by atoms with van der Waals surface area (Å²) in [7, 11) is -3.91. The minimum absolute atomic E-state index is 0.0722. The van der Waals surface area contributed by atoms with Gasteiger partial charge in [0.25, 0.3) is 0 Å². The summed E-state index contributed by atoms with van der Waals surface area (Å²) < 4.78 is 69.0. The summed E-state index contributed by atoms with van der Waals surface area (Å²) in [6.07, 6.45) is -3.21. The average molecular weight is 412 g/mol. The van der Waals surface area contributed by atoms with E-state index in [0.29, 0.717) is 0 Å². The number of fused-ring (bicyclic) bond motifs is 1. The maximum absolute atomic E-state index is 13.2. The Hall–Kier alpha value is -2.46. The molecule has 0 fully saturated rings. The van der Waals surface area contributed by atoms with Crippen LogP contribution in [0.25, 0.3) is 5.65 Å². The van der Waals surface area contributed by atoms with Gasteiger partial charge < -0.3 is 0 Å². The van der Waals surface area contributed by atoms with Crippen LogP contribution in [0.3, 0.4) is 0 Å². The summed E-state index contributed by atoms with van der Waals surface area (Å²) in [5.74, 6) is -0.200. The number of aryl methyl sites for hydroxylation is 1. The Morgan fingerprint density at radius 2 is 1.82 bits per heavy atom. The van der Waals surface area contributed by atoms with E-state index in [1.807, 2.05) is 0 Å². The third-order valence-electron chi connectivity index (χ3n) is 4.29. The highest BCUT2D eigenvalue weighted by molar-refractivity contribution is 7.89. The summed E-state index contributed by atoms with van der Waals surface area (Å²) in [5.41, 5.74) is -0.532. The van der Waals surface area contributed by atoms with E-state index in [0.717, 1.165) is 11.6 Å². The van der Waals surface area contributed by atoms with Gasteiger partial charge in [0.15, 0.2) is 11.5 Å². The van der Waals surface area contributed by atoms with Gasteiger partial charge in [0.2, 0.25) is 10.0 Å². The van der Waals surface area contributed by atoms with E-state index in [9.17, 15) is 21.6 Å². The molecule has 1 aromatic carbocycles. The molecule has 2 heterocycles. The van der Waals surface area contributed by atoms with Crippen molar-refractivity contribution >= 4 is 15.7 Å². The molecular weight excluding hydrogens is 393 g/mol. The van der Waals surface area contributed by atoms with Crippen molar-refractivity contribution in [3.8, 4) is 0 Å². The number of rotatable bonds is 5. The minimum Gasteiger partial charge on any atom is -0.285 e.